The topological polar surface area (TPSA) is 44.5 Å². The fourth-order valence-corrected chi connectivity index (χ4v) is 3.78. The van der Waals surface area contributed by atoms with E-state index in [1.165, 1.54) is 6.07 Å². The van der Waals surface area contributed by atoms with Crippen molar-refractivity contribution >= 4 is 32.6 Å². The molecule has 0 spiro atoms. The van der Waals surface area contributed by atoms with Crippen molar-refractivity contribution in [2.75, 3.05) is 14.2 Å². The van der Waals surface area contributed by atoms with E-state index in [0.29, 0.717) is 17.0 Å². The summed E-state index contributed by atoms with van der Waals surface area (Å²) in [4.78, 5) is 4.23. The van der Waals surface area contributed by atoms with E-state index in [2.05, 4.69) is 4.98 Å². The Balaban J connectivity index is 1.98. The third-order valence-corrected chi connectivity index (χ3v) is 5.05. The van der Waals surface area contributed by atoms with E-state index in [1.54, 1.807) is 32.7 Å². The second kappa shape index (κ2) is 6.23. The monoisotopic (exact) mass is 373 g/mol. The number of nitrogens with zero attached hydrogens (tertiary/aromatic N) is 1. The molecule has 4 nitrogen and oxygen atoms in total. The molecule has 0 saturated heterocycles. The highest BCUT2D eigenvalue weighted by Crippen LogP contribution is 2.43. The molecule has 0 aliphatic heterocycles. The molecule has 0 saturated carbocycles. The van der Waals surface area contributed by atoms with E-state index >= 15 is 0 Å². The number of rotatable bonds is 3. The van der Waals surface area contributed by atoms with Crippen LogP contribution in [0.5, 0.6) is 11.5 Å². The fourth-order valence-electron chi connectivity index (χ4n) is 3.78. The summed E-state index contributed by atoms with van der Waals surface area (Å²) in [5.41, 5.74) is 2.78. The van der Waals surface area contributed by atoms with Crippen molar-refractivity contribution in [1.82, 2.24) is 4.98 Å². The molecule has 5 rings (SSSR count). The average Bonchev–Trinajstić information content (AvgIpc) is 3.19. The molecule has 0 aliphatic carbocycles. The molecule has 0 aliphatic rings. The van der Waals surface area contributed by atoms with Crippen LogP contribution >= 0.6 is 0 Å². The van der Waals surface area contributed by atoms with E-state index in [-0.39, 0.29) is 5.82 Å². The smallest absolute Gasteiger partial charge is 0.161 e. The Kier molecular flexibility index (Phi) is 3.69. The predicted octanol–water partition coefficient (Wildman–Crippen LogP) is 5.96. The Hall–Kier alpha value is -3.60. The summed E-state index contributed by atoms with van der Waals surface area (Å²) in [6.07, 6.45) is 3.28. The first-order valence-corrected chi connectivity index (χ1v) is 8.81. The minimum Gasteiger partial charge on any atom is -0.493 e. The third kappa shape index (κ3) is 2.33. The van der Waals surface area contributed by atoms with E-state index < -0.39 is 0 Å². The van der Waals surface area contributed by atoms with Crippen molar-refractivity contribution in [3.63, 3.8) is 0 Å². The normalized spacial score (nSPS) is 11.4. The Morgan fingerprint density at radius 3 is 2.54 bits per heavy atom. The van der Waals surface area contributed by atoms with Crippen LogP contribution in [0.15, 0.2) is 65.4 Å². The number of hydrogen-bond acceptors (Lipinski definition) is 4. The fraction of sp³-hybridized carbons (Fsp3) is 0.0870. The van der Waals surface area contributed by atoms with Crippen molar-refractivity contribution < 1.29 is 18.3 Å². The van der Waals surface area contributed by atoms with Gasteiger partial charge >= 0.3 is 0 Å². The zero-order valence-electron chi connectivity index (χ0n) is 15.3. The van der Waals surface area contributed by atoms with Gasteiger partial charge in [-0.15, -0.1) is 0 Å². The van der Waals surface area contributed by atoms with Gasteiger partial charge in [-0.05, 0) is 52.7 Å². The van der Waals surface area contributed by atoms with Crippen LogP contribution in [0.3, 0.4) is 0 Å². The van der Waals surface area contributed by atoms with Gasteiger partial charge in [0.2, 0.25) is 0 Å². The van der Waals surface area contributed by atoms with Crippen molar-refractivity contribution in [3.8, 4) is 22.6 Å². The summed E-state index contributed by atoms with van der Waals surface area (Å²) in [6, 6.07) is 14.7. The maximum atomic E-state index is 14.3. The molecule has 0 amide bonds. The number of para-hydroxylation sites is 1. The minimum atomic E-state index is -0.352. The number of hydrogen-bond donors (Lipinski definition) is 0. The maximum Gasteiger partial charge on any atom is 0.161 e. The molecule has 3 aromatic carbocycles. The number of aromatic nitrogens is 1. The van der Waals surface area contributed by atoms with Gasteiger partial charge in [-0.3, -0.25) is 4.98 Å². The molecule has 2 heterocycles. The number of pyridine rings is 1. The summed E-state index contributed by atoms with van der Waals surface area (Å²) in [7, 11) is 3.21. The van der Waals surface area contributed by atoms with Gasteiger partial charge in [0, 0.05) is 22.5 Å². The van der Waals surface area contributed by atoms with Gasteiger partial charge in [-0.25, -0.2) is 4.39 Å². The summed E-state index contributed by atoms with van der Waals surface area (Å²) < 4.78 is 31.1. The molecule has 0 bridgehead atoms. The summed E-state index contributed by atoms with van der Waals surface area (Å²) in [5, 5.41) is 3.58. The van der Waals surface area contributed by atoms with Crippen LogP contribution < -0.4 is 9.47 Å². The largest absolute Gasteiger partial charge is 0.493 e. The van der Waals surface area contributed by atoms with Crippen molar-refractivity contribution in [2.24, 2.45) is 0 Å². The first-order valence-electron chi connectivity index (χ1n) is 8.81. The Morgan fingerprint density at radius 2 is 1.71 bits per heavy atom. The van der Waals surface area contributed by atoms with Crippen molar-refractivity contribution in [2.45, 2.75) is 0 Å². The minimum absolute atomic E-state index is 0.331. The molecule has 0 fully saturated rings. The van der Waals surface area contributed by atoms with Crippen LogP contribution in [0.4, 0.5) is 4.39 Å². The van der Waals surface area contributed by atoms with Crippen LogP contribution in [0.1, 0.15) is 0 Å². The highest BCUT2D eigenvalue weighted by molar-refractivity contribution is 6.15. The number of furan rings is 1. The molecule has 5 aromatic rings. The van der Waals surface area contributed by atoms with Crippen LogP contribution in [-0.4, -0.2) is 19.2 Å². The van der Waals surface area contributed by atoms with E-state index in [1.807, 2.05) is 36.4 Å². The average molecular weight is 373 g/mol. The van der Waals surface area contributed by atoms with Gasteiger partial charge in [-0.2, -0.15) is 0 Å². The molecule has 0 N–H and O–H groups in total. The van der Waals surface area contributed by atoms with Gasteiger partial charge in [-0.1, -0.05) is 12.1 Å². The Labute approximate surface area is 160 Å². The van der Waals surface area contributed by atoms with Crippen LogP contribution in [0, 0.1) is 5.82 Å². The van der Waals surface area contributed by atoms with Crippen LogP contribution in [-0.2, 0) is 0 Å². The van der Waals surface area contributed by atoms with Gasteiger partial charge in [0.05, 0.1) is 20.5 Å². The molecule has 0 radical (unpaired) electrons. The van der Waals surface area contributed by atoms with Crippen LogP contribution in [0.2, 0.25) is 0 Å². The lowest BCUT2D eigenvalue weighted by Gasteiger charge is -2.14. The molecule has 138 valence electrons. The standard InChI is InChI=1S/C23H16FNO3/c1-26-19-11-14-10-13-7-9-28-23(13)21(17(14)12-20(19)27-2)15-6-8-25-22-16(15)4-3-5-18(22)24/h3-12H,1-2H3. The van der Waals surface area contributed by atoms with E-state index in [9.17, 15) is 4.39 Å². The van der Waals surface area contributed by atoms with E-state index in [4.69, 9.17) is 13.9 Å². The molecule has 28 heavy (non-hydrogen) atoms. The lowest BCUT2D eigenvalue weighted by molar-refractivity contribution is 0.356. The van der Waals surface area contributed by atoms with Gasteiger partial charge in [0.1, 0.15) is 16.9 Å². The quantitative estimate of drug-likeness (QED) is 0.391. The summed E-state index contributed by atoms with van der Waals surface area (Å²) in [5.74, 6) is 0.913. The number of halogens is 1. The van der Waals surface area contributed by atoms with Crippen molar-refractivity contribution in [3.05, 3.63) is 66.8 Å². The SMILES string of the molecule is COc1cc2cc3ccoc3c(-c3ccnc4c(F)cccc34)c2cc1OC. The zero-order valence-corrected chi connectivity index (χ0v) is 15.3. The lowest BCUT2D eigenvalue weighted by atomic mass is 9.93. The number of fused-ring (bicyclic) bond motifs is 3. The van der Waals surface area contributed by atoms with E-state index in [0.717, 1.165) is 38.3 Å². The molecule has 5 heteroatoms. The number of ether oxygens (including phenoxy) is 2. The predicted molar refractivity (Wildman–Crippen MR) is 108 cm³/mol. The number of benzene rings is 3. The molecule has 0 atom stereocenters. The van der Waals surface area contributed by atoms with Crippen LogP contribution in [0.25, 0.3) is 43.8 Å². The maximum absolute atomic E-state index is 14.3. The molecular weight excluding hydrogens is 357 g/mol. The second-order valence-corrected chi connectivity index (χ2v) is 6.51. The zero-order chi connectivity index (χ0) is 19.3. The second-order valence-electron chi connectivity index (χ2n) is 6.51. The summed E-state index contributed by atoms with van der Waals surface area (Å²) >= 11 is 0. The number of methoxy groups -OCH3 is 2. The molecule has 0 unspecified atom stereocenters. The van der Waals surface area contributed by atoms with Gasteiger partial charge < -0.3 is 13.9 Å². The summed E-state index contributed by atoms with van der Waals surface area (Å²) in [6.45, 7) is 0. The third-order valence-electron chi connectivity index (χ3n) is 5.05. The first kappa shape index (κ1) is 16.6. The Bertz CT molecular complexity index is 1360. The van der Waals surface area contributed by atoms with Gasteiger partial charge in [0.25, 0.3) is 0 Å². The molecular formula is C23H16FNO3. The molecule has 2 aromatic heterocycles. The first-order chi connectivity index (χ1) is 13.7. The lowest BCUT2D eigenvalue weighted by Crippen LogP contribution is -1.93. The Morgan fingerprint density at radius 1 is 0.893 bits per heavy atom. The van der Waals surface area contributed by atoms with Gasteiger partial charge in [0.15, 0.2) is 11.5 Å². The van der Waals surface area contributed by atoms with Crippen molar-refractivity contribution in [1.29, 1.82) is 0 Å². The highest BCUT2D eigenvalue weighted by atomic mass is 19.1. The highest BCUT2D eigenvalue weighted by Gasteiger charge is 2.18.